The molecule has 0 atom stereocenters. The topological polar surface area (TPSA) is 133 Å². The molecule has 1 radical (unpaired) electrons. The first-order valence-corrected chi connectivity index (χ1v) is 4.02. The van der Waals surface area contributed by atoms with Gasteiger partial charge in [0.2, 0.25) is 0 Å². The van der Waals surface area contributed by atoms with Gasteiger partial charge in [-0.05, 0) is 11.6 Å². The Morgan fingerprint density at radius 3 is 2.76 bits per heavy atom. The molecule has 4 N–H and O–H groups in total. The summed E-state index contributed by atoms with van der Waals surface area (Å²) in [5.41, 5.74) is 8.05. The number of carbonyl (C=O) groups excluding carboxylic acids is 1. The van der Waals surface area contributed by atoms with Gasteiger partial charge in [-0.25, -0.2) is 0 Å². The molecule has 0 aliphatic heterocycles. The number of para-hydroxylation sites is 1. The number of amides is 2. The number of nitrogens with zero attached hydrogens (tertiary/aromatic N) is 2. The first kappa shape index (κ1) is 17.6. The van der Waals surface area contributed by atoms with E-state index >= 15 is 0 Å². The number of hydrogen-bond donors (Lipinski definition) is 1. The van der Waals surface area contributed by atoms with Crippen molar-refractivity contribution in [2.24, 2.45) is 10.8 Å². The molecule has 0 aromatic heterocycles. The van der Waals surface area contributed by atoms with Crippen LogP contribution in [0.25, 0.3) is 5.43 Å². The van der Waals surface area contributed by atoms with Crippen LogP contribution in [0.4, 0.5) is 4.79 Å². The summed E-state index contributed by atoms with van der Waals surface area (Å²) >= 11 is 0. The van der Waals surface area contributed by atoms with Crippen LogP contribution in [0.1, 0.15) is 5.56 Å². The third-order valence-electron chi connectivity index (χ3n) is 1.58. The van der Waals surface area contributed by atoms with Gasteiger partial charge in [0.05, 0.1) is 7.11 Å². The van der Waals surface area contributed by atoms with Crippen molar-refractivity contribution in [2.45, 2.75) is 0 Å². The smallest absolute Gasteiger partial charge is 0.870 e. The van der Waals surface area contributed by atoms with Gasteiger partial charge >= 0.3 is 17.1 Å². The Morgan fingerprint density at radius 2 is 2.24 bits per heavy atom. The molecule has 0 saturated heterocycles. The van der Waals surface area contributed by atoms with Crippen molar-refractivity contribution >= 4 is 12.2 Å². The Bertz CT molecular complexity index is 398. The normalized spacial score (nSPS) is 9.00. The maximum atomic E-state index is 11.5. The summed E-state index contributed by atoms with van der Waals surface area (Å²) in [7, 11) is 1.39. The molecule has 1 aromatic carbocycles. The zero-order chi connectivity index (χ0) is 11.3. The van der Waals surface area contributed by atoms with Gasteiger partial charge in [0.25, 0.3) is 0 Å². The fraction of sp³-hybridized carbons (Fsp3) is 0.111. The number of primary amides is 1. The number of rotatable bonds is 3. The fourth-order valence-corrected chi connectivity index (χ4v) is 0.943. The molecule has 8 heteroatoms. The van der Waals surface area contributed by atoms with Crippen LogP contribution >= 0.6 is 0 Å². The maximum absolute atomic E-state index is 11.5. The van der Waals surface area contributed by atoms with E-state index in [4.69, 9.17) is 10.5 Å². The molecule has 0 bridgehead atoms. The van der Waals surface area contributed by atoms with Crippen LogP contribution in [0.2, 0.25) is 0 Å². The van der Waals surface area contributed by atoms with E-state index in [9.17, 15) is 9.90 Å². The van der Waals surface area contributed by atoms with Crippen molar-refractivity contribution in [1.82, 2.24) is 0 Å². The van der Waals surface area contributed by atoms with Gasteiger partial charge in [-0.3, -0.25) is 9.90 Å². The fourth-order valence-electron chi connectivity index (χ4n) is 0.943. The molecule has 0 spiro atoms. The molecule has 1 rings (SSSR count). The van der Waals surface area contributed by atoms with E-state index in [0.29, 0.717) is 0 Å². The maximum Gasteiger partial charge on any atom is 2.00 e. The molecule has 0 heterocycles. The van der Waals surface area contributed by atoms with Gasteiger partial charge in [-0.2, -0.15) is 0 Å². The van der Waals surface area contributed by atoms with Crippen LogP contribution in [0.3, 0.4) is 0 Å². The average Bonchev–Trinajstić information content (AvgIpc) is 2.20. The predicted molar refractivity (Wildman–Crippen MR) is 56.6 cm³/mol. The van der Waals surface area contributed by atoms with Crippen molar-refractivity contribution in [1.29, 1.82) is 0 Å². The van der Waals surface area contributed by atoms with Gasteiger partial charge in [-0.1, -0.05) is 17.9 Å². The minimum Gasteiger partial charge on any atom is -0.870 e. The first-order chi connectivity index (χ1) is 7.15. The zero-order valence-corrected chi connectivity index (χ0v) is 9.75. The Balaban J connectivity index is 0. The quantitative estimate of drug-likeness (QED) is 0.466. The summed E-state index contributed by atoms with van der Waals surface area (Å²) in [5.74, 6) is -0.110. The molecule has 0 unspecified atom stereocenters. The molecule has 17 heavy (non-hydrogen) atoms. The van der Waals surface area contributed by atoms with E-state index in [1.165, 1.54) is 19.2 Å². The Morgan fingerprint density at radius 1 is 1.59 bits per heavy atom. The number of benzene rings is 1. The van der Waals surface area contributed by atoms with Gasteiger partial charge < -0.3 is 26.5 Å². The Hall–Kier alpha value is -1.76. The van der Waals surface area contributed by atoms with Crippen molar-refractivity contribution in [3.05, 3.63) is 29.2 Å². The summed E-state index contributed by atoms with van der Waals surface area (Å²) in [5, 5.41) is 14.8. The Kier molecular flexibility index (Phi) is 8.71. The summed E-state index contributed by atoms with van der Waals surface area (Å²) in [6, 6.07) is 3.78. The van der Waals surface area contributed by atoms with Crippen LogP contribution < -0.4 is 15.6 Å². The van der Waals surface area contributed by atoms with E-state index in [1.807, 2.05) is 0 Å². The number of hydrogen-bond acceptors (Lipinski definition) is 4. The van der Waals surface area contributed by atoms with Gasteiger partial charge in [0, 0.05) is 6.21 Å². The molecule has 1 aromatic rings. The summed E-state index contributed by atoms with van der Waals surface area (Å²) < 4.78 is 4.82. The number of methoxy groups -OCH3 is 1. The molecule has 97 valence electrons. The second-order valence-electron chi connectivity index (χ2n) is 2.56. The largest absolute Gasteiger partial charge is 2.00 e. The minimum absolute atomic E-state index is 0. The van der Waals surface area contributed by atoms with Crippen LogP contribution in [0.15, 0.2) is 23.3 Å². The SMILES string of the molecule is COc1cccc(C=N[N-]C(N)=O)c1[O-].O.[Cu+2]. The van der Waals surface area contributed by atoms with Crippen molar-refractivity contribution < 1.29 is 37.2 Å². The van der Waals surface area contributed by atoms with Crippen LogP contribution in [-0.4, -0.2) is 24.8 Å². The predicted octanol–water partition coefficient (Wildman–Crippen LogP) is -0.272. The number of urea groups is 1. The average molecular weight is 289 g/mol. The second-order valence-corrected chi connectivity index (χ2v) is 2.56. The van der Waals surface area contributed by atoms with E-state index in [2.05, 4.69) is 10.5 Å². The number of nitrogens with two attached hydrogens (primary N) is 1. The molecule has 0 aliphatic rings. The molecule has 0 aliphatic carbocycles. The third-order valence-corrected chi connectivity index (χ3v) is 1.58. The van der Waals surface area contributed by atoms with Gasteiger partial charge in [0.1, 0.15) is 5.75 Å². The molecular weight excluding hydrogens is 278 g/mol. The zero-order valence-electron chi connectivity index (χ0n) is 8.81. The summed E-state index contributed by atoms with van der Waals surface area (Å²) in [4.78, 5) is 10.2. The molecule has 7 nitrogen and oxygen atoms in total. The number of carbonyl (C=O) groups is 1. The Labute approximate surface area is 108 Å². The third kappa shape index (κ3) is 5.21. The van der Waals surface area contributed by atoms with Crippen molar-refractivity contribution in [3.8, 4) is 11.5 Å². The summed E-state index contributed by atoms with van der Waals surface area (Å²) in [6.07, 6.45) is 1.15. The summed E-state index contributed by atoms with van der Waals surface area (Å²) in [6.45, 7) is 0. The molecule has 0 fully saturated rings. The van der Waals surface area contributed by atoms with E-state index in [-0.39, 0.29) is 39.6 Å². The number of ether oxygens (including phenoxy) is 1. The standard InChI is InChI=1S/C9H11N3O3.Cu.H2O/c1-15-7-4-2-3-6(8(7)13)5-11-12-9(10)14;;/h2-5H,1H3,(H4,10,11,12,13,14);;1H2/q;+2;/p-2. The van der Waals surface area contributed by atoms with Crippen LogP contribution in [0, 0.1) is 0 Å². The monoisotopic (exact) mass is 288 g/mol. The molecular formula is C9H11CuN3O4. The van der Waals surface area contributed by atoms with E-state index in [1.54, 1.807) is 6.07 Å². The van der Waals surface area contributed by atoms with Crippen molar-refractivity contribution in [3.63, 3.8) is 0 Å². The van der Waals surface area contributed by atoms with Crippen LogP contribution in [0.5, 0.6) is 11.5 Å². The molecule has 0 saturated carbocycles. The second kappa shape index (κ2) is 8.40. The van der Waals surface area contributed by atoms with Crippen LogP contribution in [-0.2, 0) is 17.1 Å². The van der Waals surface area contributed by atoms with Crippen molar-refractivity contribution in [2.75, 3.05) is 7.11 Å². The van der Waals surface area contributed by atoms with E-state index < -0.39 is 6.03 Å². The van der Waals surface area contributed by atoms with E-state index in [0.717, 1.165) is 6.21 Å². The van der Waals surface area contributed by atoms with Gasteiger partial charge in [-0.15, -0.1) is 0 Å². The van der Waals surface area contributed by atoms with Gasteiger partial charge in [0.15, 0.2) is 6.03 Å². The molecule has 2 amide bonds. The minimum atomic E-state index is -0.915. The first-order valence-electron chi connectivity index (χ1n) is 4.02.